The molecule has 29 heavy (non-hydrogen) atoms. The minimum absolute atomic E-state index is 0.0305. The predicted molar refractivity (Wildman–Crippen MR) is 118 cm³/mol. The standard InChI is InChI=1S/C19H22Cl2N2O4S2/c1-3-9-28(24,25)23-8-4-5-14-11-15(6-7-18(14)23)22-29(26,27)19-10-13(2)16(20)12-17(19)21/h6-7,10-12,22H,3-5,8-9H2,1-2H3. The van der Waals surface area contributed by atoms with Gasteiger partial charge in [-0.25, -0.2) is 16.8 Å². The van der Waals surface area contributed by atoms with Crippen molar-refractivity contribution in [1.82, 2.24) is 0 Å². The summed E-state index contributed by atoms with van der Waals surface area (Å²) in [5.41, 5.74) is 2.34. The zero-order valence-corrected chi connectivity index (χ0v) is 19.2. The summed E-state index contributed by atoms with van der Waals surface area (Å²) in [6, 6.07) is 7.71. The summed E-state index contributed by atoms with van der Waals surface area (Å²) in [6.45, 7) is 3.95. The Bertz CT molecular complexity index is 1150. The normalized spacial score (nSPS) is 14.6. The number of nitrogens with one attached hydrogen (secondary N) is 1. The lowest BCUT2D eigenvalue weighted by Crippen LogP contribution is -2.37. The average molecular weight is 477 g/mol. The van der Waals surface area contributed by atoms with Crippen LogP contribution >= 0.6 is 23.2 Å². The van der Waals surface area contributed by atoms with Crippen LogP contribution < -0.4 is 9.03 Å². The number of benzene rings is 2. The van der Waals surface area contributed by atoms with E-state index in [0.717, 1.165) is 5.56 Å². The van der Waals surface area contributed by atoms with Crippen molar-refractivity contribution in [3.8, 4) is 0 Å². The second-order valence-electron chi connectivity index (χ2n) is 6.97. The van der Waals surface area contributed by atoms with E-state index in [-0.39, 0.29) is 15.7 Å². The Hall–Kier alpha value is -1.48. The lowest BCUT2D eigenvalue weighted by Gasteiger charge is -2.30. The van der Waals surface area contributed by atoms with E-state index in [9.17, 15) is 16.8 Å². The van der Waals surface area contributed by atoms with E-state index in [1.807, 2.05) is 6.92 Å². The summed E-state index contributed by atoms with van der Waals surface area (Å²) in [6.07, 6.45) is 1.88. The molecule has 0 saturated heterocycles. The first-order valence-electron chi connectivity index (χ1n) is 9.17. The van der Waals surface area contributed by atoms with Gasteiger partial charge in [-0.2, -0.15) is 0 Å². The van der Waals surface area contributed by atoms with Crippen molar-refractivity contribution in [3.05, 3.63) is 51.5 Å². The van der Waals surface area contributed by atoms with Crippen molar-refractivity contribution < 1.29 is 16.8 Å². The van der Waals surface area contributed by atoms with E-state index in [0.29, 0.717) is 47.8 Å². The Balaban J connectivity index is 1.94. The molecule has 10 heteroatoms. The summed E-state index contributed by atoms with van der Waals surface area (Å²) in [5, 5.41) is 0.416. The van der Waals surface area contributed by atoms with E-state index in [1.165, 1.54) is 16.4 Å². The third kappa shape index (κ3) is 4.66. The molecule has 158 valence electrons. The molecule has 0 aliphatic carbocycles. The number of nitrogens with zero attached hydrogens (tertiary/aromatic N) is 1. The lowest BCUT2D eigenvalue weighted by atomic mass is 10.0. The summed E-state index contributed by atoms with van der Waals surface area (Å²) in [7, 11) is -7.32. The number of hydrogen-bond donors (Lipinski definition) is 1. The molecule has 0 radical (unpaired) electrons. The largest absolute Gasteiger partial charge is 0.280 e. The van der Waals surface area contributed by atoms with Crippen LogP contribution in [-0.4, -0.2) is 29.1 Å². The van der Waals surface area contributed by atoms with Gasteiger partial charge in [0, 0.05) is 17.3 Å². The third-order valence-electron chi connectivity index (χ3n) is 4.71. The van der Waals surface area contributed by atoms with Crippen LogP contribution in [0.25, 0.3) is 0 Å². The van der Waals surface area contributed by atoms with Gasteiger partial charge in [-0.1, -0.05) is 30.1 Å². The van der Waals surface area contributed by atoms with Gasteiger partial charge in [0.2, 0.25) is 10.0 Å². The molecule has 0 spiro atoms. The first-order chi connectivity index (χ1) is 13.5. The molecule has 6 nitrogen and oxygen atoms in total. The maximum Gasteiger partial charge on any atom is 0.263 e. The molecule has 0 fully saturated rings. The molecule has 1 aliphatic rings. The van der Waals surface area contributed by atoms with E-state index in [2.05, 4.69) is 4.72 Å². The first-order valence-corrected chi connectivity index (χ1v) is 13.0. The summed E-state index contributed by atoms with van der Waals surface area (Å²) in [5.74, 6) is 0.0786. The number of aryl methyl sites for hydroxylation is 2. The smallest absolute Gasteiger partial charge is 0.263 e. The van der Waals surface area contributed by atoms with Crippen molar-refractivity contribution in [2.45, 2.75) is 38.0 Å². The lowest BCUT2D eigenvalue weighted by molar-refractivity contribution is 0.585. The number of halogens is 2. The highest BCUT2D eigenvalue weighted by Gasteiger charge is 2.27. The Kier molecular flexibility index (Phi) is 6.38. The van der Waals surface area contributed by atoms with Crippen molar-refractivity contribution in [2.24, 2.45) is 0 Å². The number of hydrogen-bond acceptors (Lipinski definition) is 4. The molecule has 1 N–H and O–H groups in total. The molecule has 2 aromatic carbocycles. The van der Waals surface area contributed by atoms with Gasteiger partial charge in [0.05, 0.1) is 16.5 Å². The first kappa shape index (κ1) is 22.2. The summed E-state index contributed by atoms with van der Waals surface area (Å²) >= 11 is 12.1. The van der Waals surface area contributed by atoms with E-state index >= 15 is 0 Å². The van der Waals surface area contributed by atoms with Crippen molar-refractivity contribution in [2.75, 3.05) is 21.3 Å². The van der Waals surface area contributed by atoms with E-state index < -0.39 is 20.0 Å². The Morgan fingerprint density at radius 3 is 2.48 bits per heavy atom. The Labute approximate surface area is 181 Å². The number of sulfonamides is 2. The number of anilines is 2. The highest BCUT2D eigenvalue weighted by Crippen LogP contribution is 2.34. The SMILES string of the molecule is CCCS(=O)(=O)N1CCCc2cc(NS(=O)(=O)c3cc(C)c(Cl)cc3Cl)ccc21. The number of fused-ring (bicyclic) bond motifs is 1. The highest BCUT2D eigenvalue weighted by atomic mass is 35.5. The third-order valence-corrected chi connectivity index (χ3v) is 8.94. The van der Waals surface area contributed by atoms with E-state index in [4.69, 9.17) is 23.2 Å². The van der Waals surface area contributed by atoms with Crippen molar-refractivity contribution >= 4 is 54.6 Å². The maximum atomic E-state index is 12.8. The Morgan fingerprint density at radius 1 is 1.07 bits per heavy atom. The van der Waals surface area contributed by atoms with Gasteiger partial charge in [0.25, 0.3) is 10.0 Å². The fourth-order valence-corrected chi connectivity index (χ4v) is 6.83. The van der Waals surface area contributed by atoms with Crippen LogP contribution in [0.1, 0.15) is 30.9 Å². The molecule has 0 aromatic heterocycles. The van der Waals surface area contributed by atoms with Gasteiger partial charge in [-0.15, -0.1) is 0 Å². The quantitative estimate of drug-likeness (QED) is 0.660. The fraction of sp³-hybridized carbons (Fsp3) is 0.368. The van der Waals surface area contributed by atoms with Gasteiger partial charge >= 0.3 is 0 Å². The monoisotopic (exact) mass is 476 g/mol. The molecule has 0 amide bonds. The van der Waals surface area contributed by atoms with Crippen LogP contribution in [0, 0.1) is 6.92 Å². The molecule has 2 aromatic rings. The van der Waals surface area contributed by atoms with Gasteiger partial charge in [0.15, 0.2) is 0 Å². The molecule has 0 unspecified atom stereocenters. The van der Waals surface area contributed by atoms with Crippen LogP contribution in [0.2, 0.25) is 10.0 Å². The molecule has 0 bridgehead atoms. The van der Waals surface area contributed by atoms with Crippen LogP contribution in [0.15, 0.2) is 35.2 Å². The zero-order chi connectivity index (χ0) is 21.4. The van der Waals surface area contributed by atoms with Crippen molar-refractivity contribution in [1.29, 1.82) is 0 Å². The minimum Gasteiger partial charge on any atom is -0.280 e. The van der Waals surface area contributed by atoms with E-state index in [1.54, 1.807) is 25.1 Å². The second kappa shape index (κ2) is 8.34. The number of rotatable bonds is 6. The van der Waals surface area contributed by atoms with Crippen LogP contribution in [0.3, 0.4) is 0 Å². The van der Waals surface area contributed by atoms with Gasteiger partial charge in [0.1, 0.15) is 4.90 Å². The Morgan fingerprint density at radius 2 is 1.79 bits per heavy atom. The predicted octanol–water partition coefficient (Wildman–Crippen LogP) is 4.60. The highest BCUT2D eigenvalue weighted by molar-refractivity contribution is 7.93. The molecule has 1 aliphatic heterocycles. The molecule has 1 heterocycles. The topological polar surface area (TPSA) is 83.6 Å². The molecular weight excluding hydrogens is 455 g/mol. The van der Waals surface area contributed by atoms with Crippen LogP contribution in [-0.2, 0) is 26.5 Å². The summed E-state index contributed by atoms with van der Waals surface area (Å²) < 4.78 is 54.7. The molecular formula is C19H22Cl2N2O4S2. The maximum absolute atomic E-state index is 12.8. The van der Waals surface area contributed by atoms with Crippen molar-refractivity contribution in [3.63, 3.8) is 0 Å². The molecule has 3 rings (SSSR count). The zero-order valence-electron chi connectivity index (χ0n) is 16.1. The summed E-state index contributed by atoms with van der Waals surface area (Å²) in [4.78, 5) is -0.0639. The second-order valence-corrected chi connectivity index (χ2v) is 11.5. The fourth-order valence-electron chi connectivity index (χ4n) is 3.33. The van der Waals surface area contributed by atoms with Gasteiger partial charge < -0.3 is 0 Å². The average Bonchev–Trinajstić information content (AvgIpc) is 2.63. The minimum atomic E-state index is -3.93. The molecule has 0 saturated carbocycles. The van der Waals surface area contributed by atoms with Crippen LogP contribution in [0.5, 0.6) is 0 Å². The molecule has 0 atom stereocenters. The van der Waals surface area contributed by atoms with Gasteiger partial charge in [-0.05, 0) is 67.6 Å². The van der Waals surface area contributed by atoms with Gasteiger partial charge in [-0.3, -0.25) is 9.03 Å². The van der Waals surface area contributed by atoms with Crippen LogP contribution in [0.4, 0.5) is 11.4 Å².